The first kappa shape index (κ1) is 18.2. The maximum absolute atomic E-state index is 12.7. The van der Waals surface area contributed by atoms with Gasteiger partial charge in [-0.05, 0) is 31.0 Å². The molecule has 2 aromatic heterocycles. The predicted octanol–water partition coefficient (Wildman–Crippen LogP) is 3.99. The highest BCUT2D eigenvalue weighted by Gasteiger charge is 2.38. The van der Waals surface area contributed by atoms with Crippen LogP contribution >= 0.6 is 0 Å². The van der Waals surface area contributed by atoms with Gasteiger partial charge in [0.25, 0.3) is 5.91 Å². The van der Waals surface area contributed by atoms with E-state index in [9.17, 15) is 4.79 Å². The third kappa shape index (κ3) is 3.50. The summed E-state index contributed by atoms with van der Waals surface area (Å²) in [5, 5.41) is 6.99. The molecule has 0 unspecified atom stereocenters. The SMILES string of the molecule is COc1ccccc1C1(CNC(=O)c2cc(-c3cccnc3)on2)CCCC1. The Hall–Kier alpha value is -3.15. The van der Waals surface area contributed by atoms with Gasteiger partial charge in [-0.15, -0.1) is 0 Å². The highest BCUT2D eigenvalue weighted by atomic mass is 16.5. The first-order chi connectivity index (χ1) is 13.7. The Bertz CT molecular complexity index is 946. The van der Waals surface area contributed by atoms with Crippen molar-refractivity contribution in [3.8, 4) is 17.1 Å². The fraction of sp³-hybridized carbons (Fsp3) is 0.318. The van der Waals surface area contributed by atoms with Crippen LogP contribution in [0.15, 0.2) is 59.4 Å². The number of pyridine rings is 1. The van der Waals surface area contributed by atoms with Crippen LogP contribution < -0.4 is 10.1 Å². The molecule has 0 bridgehead atoms. The standard InChI is InChI=1S/C22H23N3O3/c1-27-19-9-3-2-8-17(19)22(10-4-5-11-22)15-24-21(26)18-13-20(28-25-18)16-7-6-12-23-14-16/h2-3,6-9,12-14H,4-5,10-11,15H2,1H3,(H,24,26). The molecule has 1 aliphatic rings. The minimum absolute atomic E-state index is 0.113. The van der Waals surface area contributed by atoms with Gasteiger partial charge < -0.3 is 14.6 Å². The predicted molar refractivity (Wildman–Crippen MR) is 105 cm³/mol. The minimum Gasteiger partial charge on any atom is -0.496 e. The molecule has 6 heteroatoms. The van der Waals surface area contributed by atoms with E-state index in [4.69, 9.17) is 9.26 Å². The van der Waals surface area contributed by atoms with E-state index in [0.717, 1.165) is 42.6 Å². The maximum atomic E-state index is 12.7. The molecule has 1 aliphatic carbocycles. The molecular formula is C22H23N3O3. The Morgan fingerprint density at radius 3 is 2.79 bits per heavy atom. The van der Waals surface area contributed by atoms with Gasteiger partial charge in [-0.25, -0.2) is 0 Å². The molecule has 0 atom stereocenters. The molecule has 2 heterocycles. The van der Waals surface area contributed by atoms with E-state index in [1.54, 1.807) is 25.6 Å². The lowest BCUT2D eigenvalue weighted by Crippen LogP contribution is -2.39. The Labute approximate surface area is 163 Å². The van der Waals surface area contributed by atoms with Gasteiger partial charge in [0, 0.05) is 41.5 Å². The van der Waals surface area contributed by atoms with E-state index in [1.165, 1.54) is 0 Å². The Morgan fingerprint density at radius 1 is 1.21 bits per heavy atom. The van der Waals surface area contributed by atoms with Crippen molar-refractivity contribution in [2.75, 3.05) is 13.7 Å². The number of methoxy groups -OCH3 is 1. The van der Waals surface area contributed by atoms with Crippen LogP contribution in [0.4, 0.5) is 0 Å². The molecule has 4 rings (SSSR count). The van der Waals surface area contributed by atoms with Crippen LogP contribution in [0.2, 0.25) is 0 Å². The fourth-order valence-electron chi connectivity index (χ4n) is 4.04. The van der Waals surface area contributed by atoms with Gasteiger partial charge in [-0.2, -0.15) is 0 Å². The molecule has 0 radical (unpaired) electrons. The van der Waals surface area contributed by atoms with E-state index in [0.29, 0.717) is 12.3 Å². The molecule has 0 aliphatic heterocycles. The zero-order valence-electron chi connectivity index (χ0n) is 15.9. The summed E-state index contributed by atoms with van der Waals surface area (Å²) in [7, 11) is 1.69. The summed E-state index contributed by atoms with van der Waals surface area (Å²) in [6.07, 6.45) is 7.69. The second-order valence-electron chi connectivity index (χ2n) is 7.19. The number of nitrogens with one attached hydrogen (secondary N) is 1. The molecule has 144 valence electrons. The van der Waals surface area contributed by atoms with Crippen LogP contribution in [0, 0.1) is 0 Å². The molecule has 6 nitrogen and oxygen atoms in total. The average molecular weight is 377 g/mol. The highest BCUT2D eigenvalue weighted by molar-refractivity contribution is 5.93. The van der Waals surface area contributed by atoms with Gasteiger partial charge in [0.1, 0.15) is 5.75 Å². The molecule has 1 fully saturated rings. The van der Waals surface area contributed by atoms with Crippen LogP contribution in [0.5, 0.6) is 5.75 Å². The Balaban J connectivity index is 1.51. The summed E-state index contributed by atoms with van der Waals surface area (Å²) in [4.78, 5) is 16.8. The number of amides is 1. The summed E-state index contributed by atoms with van der Waals surface area (Å²) in [6, 6.07) is 13.4. The van der Waals surface area contributed by atoms with Crippen molar-refractivity contribution < 1.29 is 14.1 Å². The van der Waals surface area contributed by atoms with E-state index < -0.39 is 0 Å². The van der Waals surface area contributed by atoms with Crippen LogP contribution in [0.25, 0.3) is 11.3 Å². The van der Waals surface area contributed by atoms with Gasteiger partial charge in [-0.3, -0.25) is 9.78 Å². The maximum Gasteiger partial charge on any atom is 0.273 e. The third-order valence-electron chi connectivity index (χ3n) is 5.52. The van der Waals surface area contributed by atoms with Gasteiger partial charge in [0.2, 0.25) is 0 Å². The number of para-hydroxylation sites is 1. The van der Waals surface area contributed by atoms with Gasteiger partial charge in [-0.1, -0.05) is 36.2 Å². The molecule has 1 N–H and O–H groups in total. The molecule has 0 saturated heterocycles. The summed E-state index contributed by atoms with van der Waals surface area (Å²) >= 11 is 0. The Kier molecular flexibility index (Phi) is 5.10. The van der Waals surface area contributed by atoms with E-state index in [1.807, 2.05) is 30.3 Å². The lowest BCUT2D eigenvalue weighted by Gasteiger charge is -2.31. The lowest BCUT2D eigenvalue weighted by molar-refractivity contribution is 0.0933. The second kappa shape index (κ2) is 7.84. The van der Waals surface area contributed by atoms with Crippen LogP contribution in [-0.2, 0) is 5.41 Å². The van der Waals surface area contributed by atoms with E-state index >= 15 is 0 Å². The molecule has 1 saturated carbocycles. The Morgan fingerprint density at radius 2 is 2.04 bits per heavy atom. The number of carbonyl (C=O) groups excluding carboxylic acids is 1. The molecular weight excluding hydrogens is 354 g/mol. The summed E-state index contributed by atoms with van der Waals surface area (Å²) in [5.74, 6) is 1.16. The number of aromatic nitrogens is 2. The first-order valence-corrected chi connectivity index (χ1v) is 9.51. The van der Waals surface area contributed by atoms with Crippen molar-refractivity contribution in [2.24, 2.45) is 0 Å². The molecule has 1 amide bonds. The van der Waals surface area contributed by atoms with Crippen molar-refractivity contribution in [1.29, 1.82) is 0 Å². The smallest absolute Gasteiger partial charge is 0.273 e. The topological polar surface area (TPSA) is 77.2 Å². The average Bonchev–Trinajstić information content (AvgIpc) is 3.43. The number of nitrogens with zero attached hydrogens (tertiary/aromatic N) is 2. The second-order valence-corrected chi connectivity index (χ2v) is 7.19. The van der Waals surface area contributed by atoms with Crippen molar-refractivity contribution in [2.45, 2.75) is 31.1 Å². The third-order valence-corrected chi connectivity index (χ3v) is 5.52. The number of ether oxygens (including phenoxy) is 1. The molecule has 3 aromatic rings. The first-order valence-electron chi connectivity index (χ1n) is 9.51. The van der Waals surface area contributed by atoms with E-state index in [2.05, 4.69) is 21.5 Å². The van der Waals surface area contributed by atoms with Crippen LogP contribution in [0.3, 0.4) is 0 Å². The summed E-state index contributed by atoms with van der Waals surface area (Å²) in [5.41, 5.74) is 2.10. The minimum atomic E-state index is -0.236. The van der Waals surface area contributed by atoms with E-state index in [-0.39, 0.29) is 17.0 Å². The number of benzene rings is 1. The largest absolute Gasteiger partial charge is 0.496 e. The van der Waals surface area contributed by atoms with Gasteiger partial charge in [0.05, 0.1) is 7.11 Å². The number of carbonyl (C=O) groups is 1. The monoisotopic (exact) mass is 377 g/mol. The highest BCUT2D eigenvalue weighted by Crippen LogP contribution is 2.44. The van der Waals surface area contributed by atoms with Gasteiger partial charge >= 0.3 is 0 Å². The molecule has 1 aromatic carbocycles. The van der Waals surface area contributed by atoms with Crippen molar-refractivity contribution in [3.63, 3.8) is 0 Å². The molecule has 0 spiro atoms. The molecule has 28 heavy (non-hydrogen) atoms. The normalized spacial score (nSPS) is 15.3. The van der Waals surface area contributed by atoms with Crippen LogP contribution in [0.1, 0.15) is 41.7 Å². The summed E-state index contributed by atoms with van der Waals surface area (Å²) in [6.45, 7) is 0.543. The van der Waals surface area contributed by atoms with Gasteiger partial charge in [0.15, 0.2) is 11.5 Å². The van der Waals surface area contributed by atoms with Crippen molar-refractivity contribution in [3.05, 3.63) is 66.1 Å². The quantitative estimate of drug-likeness (QED) is 0.703. The van der Waals surface area contributed by atoms with Crippen LogP contribution in [-0.4, -0.2) is 29.7 Å². The lowest BCUT2D eigenvalue weighted by atomic mass is 9.78. The number of hydrogen-bond acceptors (Lipinski definition) is 5. The van der Waals surface area contributed by atoms with Crippen molar-refractivity contribution >= 4 is 5.91 Å². The summed E-state index contributed by atoms with van der Waals surface area (Å²) < 4.78 is 10.9. The fourth-order valence-corrected chi connectivity index (χ4v) is 4.04. The number of rotatable bonds is 6. The zero-order valence-corrected chi connectivity index (χ0v) is 15.9. The zero-order chi connectivity index (χ0) is 19.4. The number of hydrogen-bond donors (Lipinski definition) is 1. The van der Waals surface area contributed by atoms with Crippen molar-refractivity contribution in [1.82, 2.24) is 15.5 Å².